The summed E-state index contributed by atoms with van der Waals surface area (Å²) in [5, 5.41) is 3.11. The van der Waals surface area contributed by atoms with Crippen LogP contribution in [0.25, 0.3) is 0 Å². The van der Waals surface area contributed by atoms with Crippen LogP contribution in [0.4, 0.5) is 0 Å². The standard InChI is InChI=1S/C6H7N3/c1-2-5-6(7-3-1)9-4-8-5/h1-3,6,9H,4H2. The maximum Gasteiger partial charge on any atom is 0.143 e. The minimum absolute atomic E-state index is 0.148. The first-order valence-corrected chi connectivity index (χ1v) is 2.94. The average molecular weight is 121 g/mol. The van der Waals surface area contributed by atoms with Gasteiger partial charge in [0.1, 0.15) is 6.17 Å². The topological polar surface area (TPSA) is 36.8 Å². The number of allylic oxidation sites excluding steroid dienone is 1. The predicted octanol–water partition coefficient (Wildman–Crippen LogP) is -0.0452. The Morgan fingerprint density at radius 3 is 3.56 bits per heavy atom. The molecule has 1 N–H and O–H groups in total. The highest BCUT2D eigenvalue weighted by molar-refractivity contribution is 6.05. The van der Waals surface area contributed by atoms with Crippen LogP contribution in [0, 0.1) is 0 Å². The first-order chi connectivity index (χ1) is 4.47. The Morgan fingerprint density at radius 2 is 2.67 bits per heavy atom. The maximum atomic E-state index is 4.16. The van der Waals surface area contributed by atoms with Gasteiger partial charge in [0.2, 0.25) is 0 Å². The molecule has 3 heteroatoms. The molecule has 0 bridgehead atoms. The summed E-state index contributed by atoms with van der Waals surface area (Å²) in [4.78, 5) is 8.30. The molecule has 0 saturated carbocycles. The summed E-state index contributed by atoms with van der Waals surface area (Å²) in [5.74, 6) is 0. The van der Waals surface area contributed by atoms with Crippen molar-refractivity contribution in [2.45, 2.75) is 6.17 Å². The third kappa shape index (κ3) is 0.695. The summed E-state index contributed by atoms with van der Waals surface area (Å²) in [6.45, 7) is 0.710. The molecule has 0 aliphatic carbocycles. The lowest BCUT2D eigenvalue weighted by Gasteiger charge is -2.06. The van der Waals surface area contributed by atoms with Crippen molar-refractivity contribution >= 4 is 11.9 Å². The second-order valence-electron chi connectivity index (χ2n) is 2.01. The lowest BCUT2D eigenvalue weighted by atomic mass is 10.2. The number of dihydropyridines is 1. The Balaban J connectivity index is 2.33. The fourth-order valence-corrected chi connectivity index (χ4v) is 0.965. The number of aliphatic imine (C=N–C) groups is 2. The first-order valence-electron chi connectivity index (χ1n) is 2.94. The highest BCUT2D eigenvalue weighted by atomic mass is 15.2. The van der Waals surface area contributed by atoms with Gasteiger partial charge in [0, 0.05) is 6.21 Å². The molecule has 1 unspecified atom stereocenters. The summed E-state index contributed by atoms with van der Waals surface area (Å²) in [7, 11) is 0. The zero-order valence-electron chi connectivity index (χ0n) is 4.91. The Kier molecular flexibility index (Phi) is 0.960. The van der Waals surface area contributed by atoms with Gasteiger partial charge < -0.3 is 0 Å². The van der Waals surface area contributed by atoms with Gasteiger partial charge in [0.25, 0.3) is 0 Å². The van der Waals surface area contributed by atoms with E-state index in [1.165, 1.54) is 0 Å². The predicted molar refractivity (Wildman–Crippen MR) is 36.9 cm³/mol. The van der Waals surface area contributed by atoms with E-state index < -0.39 is 0 Å². The summed E-state index contributed by atoms with van der Waals surface area (Å²) in [6, 6.07) is 0. The van der Waals surface area contributed by atoms with E-state index in [0.29, 0.717) is 6.67 Å². The number of nitrogens with zero attached hydrogens (tertiary/aromatic N) is 2. The monoisotopic (exact) mass is 121 g/mol. The van der Waals surface area contributed by atoms with E-state index in [2.05, 4.69) is 15.3 Å². The SMILES string of the molecule is C1=CC2=NCNC2N=C1. The van der Waals surface area contributed by atoms with Crippen LogP contribution in [0.2, 0.25) is 0 Å². The van der Waals surface area contributed by atoms with Gasteiger partial charge in [-0.1, -0.05) is 0 Å². The Labute approximate surface area is 53.2 Å². The van der Waals surface area contributed by atoms with Crippen molar-refractivity contribution in [3.63, 3.8) is 0 Å². The van der Waals surface area contributed by atoms with Crippen LogP contribution in [-0.4, -0.2) is 24.8 Å². The van der Waals surface area contributed by atoms with E-state index >= 15 is 0 Å². The van der Waals surface area contributed by atoms with E-state index in [0.717, 1.165) is 5.71 Å². The third-order valence-electron chi connectivity index (χ3n) is 1.41. The van der Waals surface area contributed by atoms with Crippen molar-refractivity contribution in [3.8, 4) is 0 Å². The molecule has 0 aromatic rings. The van der Waals surface area contributed by atoms with E-state index in [1.807, 2.05) is 12.2 Å². The summed E-state index contributed by atoms with van der Waals surface area (Å²) < 4.78 is 0. The second kappa shape index (κ2) is 1.77. The molecule has 1 atom stereocenters. The molecule has 0 aromatic heterocycles. The molecule has 2 heterocycles. The van der Waals surface area contributed by atoms with Crippen molar-refractivity contribution in [2.24, 2.45) is 9.98 Å². The van der Waals surface area contributed by atoms with Crippen molar-refractivity contribution in [1.29, 1.82) is 0 Å². The Hall–Kier alpha value is -0.960. The number of rotatable bonds is 0. The molecule has 0 fully saturated rings. The van der Waals surface area contributed by atoms with Crippen LogP contribution >= 0.6 is 0 Å². The van der Waals surface area contributed by atoms with E-state index in [9.17, 15) is 0 Å². The molecule has 2 aliphatic heterocycles. The van der Waals surface area contributed by atoms with Crippen molar-refractivity contribution < 1.29 is 0 Å². The van der Waals surface area contributed by atoms with Crippen LogP contribution in [-0.2, 0) is 0 Å². The molecular weight excluding hydrogens is 114 g/mol. The number of hydrogen-bond acceptors (Lipinski definition) is 3. The average Bonchev–Trinajstić information content (AvgIpc) is 2.33. The molecule has 2 aliphatic rings. The minimum Gasteiger partial charge on any atom is -0.272 e. The molecule has 0 saturated heterocycles. The van der Waals surface area contributed by atoms with E-state index in [4.69, 9.17) is 0 Å². The van der Waals surface area contributed by atoms with Crippen LogP contribution < -0.4 is 5.32 Å². The highest BCUT2D eigenvalue weighted by Gasteiger charge is 2.16. The Morgan fingerprint density at radius 1 is 1.67 bits per heavy atom. The number of fused-ring (bicyclic) bond motifs is 1. The van der Waals surface area contributed by atoms with Gasteiger partial charge >= 0.3 is 0 Å². The van der Waals surface area contributed by atoms with Gasteiger partial charge in [0.15, 0.2) is 0 Å². The maximum absolute atomic E-state index is 4.16. The number of hydrogen-bond donors (Lipinski definition) is 1. The lowest BCUT2D eigenvalue weighted by molar-refractivity contribution is 0.706. The summed E-state index contributed by atoms with van der Waals surface area (Å²) >= 11 is 0. The molecular formula is C6H7N3. The van der Waals surface area contributed by atoms with Gasteiger partial charge in [-0.3, -0.25) is 15.3 Å². The van der Waals surface area contributed by atoms with E-state index in [1.54, 1.807) is 6.21 Å². The first kappa shape index (κ1) is 4.88. The van der Waals surface area contributed by atoms with Crippen LogP contribution in [0.5, 0.6) is 0 Å². The Bertz CT molecular complexity index is 200. The lowest BCUT2D eigenvalue weighted by Crippen LogP contribution is -2.28. The molecule has 2 rings (SSSR count). The molecule has 0 aromatic carbocycles. The van der Waals surface area contributed by atoms with Crippen LogP contribution in [0.3, 0.4) is 0 Å². The van der Waals surface area contributed by atoms with Gasteiger partial charge in [-0.05, 0) is 12.2 Å². The quantitative estimate of drug-likeness (QED) is 0.479. The fraction of sp³-hybridized carbons (Fsp3) is 0.333. The largest absolute Gasteiger partial charge is 0.272 e. The molecule has 0 spiro atoms. The number of nitrogens with one attached hydrogen (secondary N) is 1. The molecule has 0 radical (unpaired) electrons. The molecule has 3 nitrogen and oxygen atoms in total. The molecule has 9 heavy (non-hydrogen) atoms. The summed E-state index contributed by atoms with van der Waals surface area (Å²) in [6.07, 6.45) is 5.83. The van der Waals surface area contributed by atoms with E-state index in [-0.39, 0.29) is 6.17 Å². The smallest absolute Gasteiger partial charge is 0.143 e. The fourth-order valence-electron chi connectivity index (χ4n) is 0.965. The van der Waals surface area contributed by atoms with Gasteiger partial charge in [-0.15, -0.1) is 0 Å². The molecule has 0 amide bonds. The third-order valence-corrected chi connectivity index (χ3v) is 1.41. The van der Waals surface area contributed by atoms with Gasteiger partial charge in [-0.25, -0.2) is 0 Å². The normalized spacial score (nSPS) is 30.2. The van der Waals surface area contributed by atoms with Crippen LogP contribution in [0.15, 0.2) is 22.1 Å². The zero-order chi connectivity index (χ0) is 6.10. The van der Waals surface area contributed by atoms with Gasteiger partial charge in [0.05, 0.1) is 12.4 Å². The zero-order valence-corrected chi connectivity index (χ0v) is 4.91. The van der Waals surface area contributed by atoms with Gasteiger partial charge in [-0.2, -0.15) is 0 Å². The second-order valence-corrected chi connectivity index (χ2v) is 2.01. The summed E-state index contributed by atoms with van der Waals surface area (Å²) in [5.41, 5.74) is 1.05. The van der Waals surface area contributed by atoms with Crippen LogP contribution in [0.1, 0.15) is 0 Å². The molecule has 46 valence electrons. The highest BCUT2D eigenvalue weighted by Crippen LogP contribution is 2.02. The minimum atomic E-state index is 0.148. The van der Waals surface area contributed by atoms with Crippen molar-refractivity contribution in [1.82, 2.24) is 5.32 Å². The van der Waals surface area contributed by atoms with Crippen molar-refractivity contribution in [3.05, 3.63) is 12.2 Å². The van der Waals surface area contributed by atoms with Crippen molar-refractivity contribution in [2.75, 3.05) is 6.67 Å².